The first-order valence-electron chi connectivity index (χ1n) is 4.01. The number of hydrogen-bond donors (Lipinski definition) is 1. The van der Waals surface area contributed by atoms with Gasteiger partial charge in [-0.25, -0.2) is 0 Å². The third-order valence-electron chi connectivity index (χ3n) is 1.53. The smallest absolute Gasteiger partial charge is 0.131 e. The van der Waals surface area contributed by atoms with E-state index < -0.39 is 0 Å². The van der Waals surface area contributed by atoms with Gasteiger partial charge in [-0.2, -0.15) is 0 Å². The van der Waals surface area contributed by atoms with Gasteiger partial charge in [0.1, 0.15) is 5.78 Å². The summed E-state index contributed by atoms with van der Waals surface area (Å²) in [4.78, 5) is 11.9. The predicted octanol–water partition coefficient (Wildman–Crippen LogP) is 1.82. The summed E-state index contributed by atoms with van der Waals surface area (Å²) in [5.41, 5.74) is 0. The van der Waals surface area contributed by atoms with E-state index in [1.807, 2.05) is 6.07 Å². The highest BCUT2D eigenvalue weighted by Gasteiger charge is 1.94. The second-order valence-corrected chi connectivity index (χ2v) is 3.74. The van der Waals surface area contributed by atoms with E-state index in [9.17, 15) is 4.79 Å². The van der Waals surface area contributed by atoms with E-state index >= 15 is 0 Å². The number of hydrogen-bond acceptors (Lipinski definition) is 3. The second kappa shape index (κ2) is 5.06. The molecule has 1 rings (SSSR count). The molecule has 1 N–H and O–H groups in total. The average molecular weight is 183 g/mol. The van der Waals surface area contributed by atoms with Crippen molar-refractivity contribution < 1.29 is 4.79 Å². The van der Waals surface area contributed by atoms with Crippen LogP contribution >= 0.6 is 11.3 Å². The highest BCUT2D eigenvalue weighted by atomic mass is 32.1. The standard InChI is InChI=1S/C9H13NOS/c1-8(11)4-5-10-7-9-3-2-6-12-9/h2-3,6,10H,4-5,7H2,1H3. The third-order valence-corrected chi connectivity index (χ3v) is 2.41. The summed E-state index contributed by atoms with van der Waals surface area (Å²) in [6, 6.07) is 4.12. The van der Waals surface area contributed by atoms with Crippen LogP contribution in [0.3, 0.4) is 0 Å². The monoisotopic (exact) mass is 183 g/mol. The fraction of sp³-hybridized carbons (Fsp3) is 0.444. The molecule has 0 spiro atoms. The van der Waals surface area contributed by atoms with Crippen molar-refractivity contribution in [3.63, 3.8) is 0 Å². The topological polar surface area (TPSA) is 29.1 Å². The Morgan fingerprint density at radius 1 is 1.67 bits per heavy atom. The van der Waals surface area contributed by atoms with Crippen molar-refractivity contribution >= 4 is 17.1 Å². The van der Waals surface area contributed by atoms with E-state index in [1.165, 1.54) is 4.88 Å². The van der Waals surface area contributed by atoms with Crippen LogP contribution in [0.15, 0.2) is 17.5 Å². The lowest BCUT2D eigenvalue weighted by molar-refractivity contribution is -0.116. The largest absolute Gasteiger partial charge is 0.311 e. The summed E-state index contributed by atoms with van der Waals surface area (Å²) in [5, 5.41) is 5.27. The number of thiophene rings is 1. The molecular formula is C9H13NOS. The lowest BCUT2D eigenvalue weighted by Crippen LogP contribution is -2.15. The summed E-state index contributed by atoms with van der Waals surface area (Å²) in [6.07, 6.45) is 0.630. The molecule has 1 aromatic rings. The van der Waals surface area contributed by atoms with Gasteiger partial charge in [0.05, 0.1) is 0 Å². The van der Waals surface area contributed by atoms with Gasteiger partial charge in [-0.1, -0.05) is 6.07 Å². The zero-order chi connectivity index (χ0) is 8.81. The molecule has 66 valence electrons. The SMILES string of the molecule is CC(=O)CCNCc1cccs1. The highest BCUT2D eigenvalue weighted by molar-refractivity contribution is 7.09. The Bertz CT molecular complexity index is 231. The minimum atomic E-state index is 0.244. The lowest BCUT2D eigenvalue weighted by atomic mass is 10.3. The molecule has 0 unspecified atom stereocenters. The minimum Gasteiger partial charge on any atom is -0.311 e. The van der Waals surface area contributed by atoms with E-state index in [-0.39, 0.29) is 5.78 Å². The van der Waals surface area contributed by atoms with Crippen molar-refractivity contribution in [3.8, 4) is 0 Å². The molecule has 1 heterocycles. The van der Waals surface area contributed by atoms with Gasteiger partial charge in [0.15, 0.2) is 0 Å². The summed E-state index contributed by atoms with van der Waals surface area (Å²) < 4.78 is 0. The Morgan fingerprint density at radius 2 is 2.50 bits per heavy atom. The number of nitrogens with one attached hydrogen (secondary N) is 1. The number of ketones is 1. The Kier molecular flexibility index (Phi) is 3.97. The van der Waals surface area contributed by atoms with Crippen LogP contribution in [-0.4, -0.2) is 12.3 Å². The second-order valence-electron chi connectivity index (χ2n) is 2.71. The van der Waals surface area contributed by atoms with Crippen LogP contribution in [0.1, 0.15) is 18.2 Å². The van der Waals surface area contributed by atoms with Crippen LogP contribution in [0.5, 0.6) is 0 Å². The van der Waals surface area contributed by atoms with Crippen molar-refractivity contribution in [2.75, 3.05) is 6.54 Å². The zero-order valence-electron chi connectivity index (χ0n) is 7.17. The van der Waals surface area contributed by atoms with Gasteiger partial charge in [-0.3, -0.25) is 4.79 Å². The molecule has 3 heteroatoms. The van der Waals surface area contributed by atoms with Gasteiger partial charge in [0.2, 0.25) is 0 Å². The van der Waals surface area contributed by atoms with Crippen molar-refractivity contribution in [2.45, 2.75) is 19.9 Å². The van der Waals surface area contributed by atoms with Crippen molar-refractivity contribution in [1.82, 2.24) is 5.32 Å². The third kappa shape index (κ3) is 3.64. The molecule has 0 radical (unpaired) electrons. The molecule has 0 fully saturated rings. The van der Waals surface area contributed by atoms with Crippen LogP contribution in [0.2, 0.25) is 0 Å². The van der Waals surface area contributed by atoms with E-state index in [4.69, 9.17) is 0 Å². The maximum absolute atomic E-state index is 10.6. The van der Waals surface area contributed by atoms with E-state index in [2.05, 4.69) is 16.8 Å². The summed E-state index contributed by atoms with van der Waals surface area (Å²) in [7, 11) is 0. The molecule has 0 bridgehead atoms. The number of carbonyl (C=O) groups excluding carboxylic acids is 1. The highest BCUT2D eigenvalue weighted by Crippen LogP contribution is 2.06. The van der Waals surface area contributed by atoms with Gasteiger partial charge < -0.3 is 5.32 Å². The van der Waals surface area contributed by atoms with Crippen LogP contribution in [0.4, 0.5) is 0 Å². The number of Topliss-reactive ketones (excluding diaryl/α,β-unsaturated/α-hetero) is 1. The van der Waals surface area contributed by atoms with E-state index in [1.54, 1.807) is 18.3 Å². The van der Waals surface area contributed by atoms with Crippen LogP contribution in [0.25, 0.3) is 0 Å². The Morgan fingerprint density at radius 3 is 3.08 bits per heavy atom. The summed E-state index contributed by atoms with van der Waals surface area (Å²) >= 11 is 1.73. The molecule has 0 saturated heterocycles. The normalized spacial score (nSPS) is 10.1. The fourth-order valence-electron chi connectivity index (χ4n) is 0.889. The van der Waals surface area contributed by atoms with Gasteiger partial charge >= 0.3 is 0 Å². The Hall–Kier alpha value is -0.670. The molecule has 1 aromatic heterocycles. The maximum atomic E-state index is 10.6. The quantitative estimate of drug-likeness (QED) is 0.705. The molecule has 0 saturated carbocycles. The summed E-state index contributed by atoms with van der Waals surface area (Å²) in [5.74, 6) is 0.244. The molecule has 2 nitrogen and oxygen atoms in total. The van der Waals surface area contributed by atoms with E-state index in [0.29, 0.717) is 6.42 Å². The van der Waals surface area contributed by atoms with Crippen LogP contribution in [0, 0.1) is 0 Å². The van der Waals surface area contributed by atoms with Crippen molar-refractivity contribution in [2.24, 2.45) is 0 Å². The Balaban J connectivity index is 2.07. The molecule has 0 aromatic carbocycles. The maximum Gasteiger partial charge on any atom is 0.131 e. The van der Waals surface area contributed by atoms with Gasteiger partial charge in [0, 0.05) is 24.4 Å². The molecule has 0 atom stereocenters. The minimum absolute atomic E-state index is 0.244. The molecule has 12 heavy (non-hydrogen) atoms. The van der Waals surface area contributed by atoms with Crippen LogP contribution < -0.4 is 5.32 Å². The fourth-order valence-corrected chi connectivity index (χ4v) is 1.56. The van der Waals surface area contributed by atoms with Crippen LogP contribution in [-0.2, 0) is 11.3 Å². The first-order valence-corrected chi connectivity index (χ1v) is 4.89. The average Bonchev–Trinajstić information content (AvgIpc) is 2.49. The zero-order valence-corrected chi connectivity index (χ0v) is 7.99. The predicted molar refractivity (Wildman–Crippen MR) is 51.3 cm³/mol. The van der Waals surface area contributed by atoms with Crippen molar-refractivity contribution in [1.29, 1.82) is 0 Å². The van der Waals surface area contributed by atoms with E-state index in [0.717, 1.165) is 13.1 Å². The molecule has 0 aliphatic heterocycles. The van der Waals surface area contributed by atoms with Gasteiger partial charge in [0.25, 0.3) is 0 Å². The first-order chi connectivity index (χ1) is 5.79. The number of carbonyl (C=O) groups is 1. The Labute approximate surface area is 76.6 Å². The van der Waals surface area contributed by atoms with Gasteiger partial charge in [-0.05, 0) is 18.4 Å². The molecule has 0 amide bonds. The van der Waals surface area contributed by atoms with Crippen molar-refractivity contribution in [3.05, 3.63) is 22.4 Å². The van der Waals surface area contributed by atoms with Gasteiger partial charge in [-0.15, -0.1) is 11.3 Å². The lowest BCUT2D eigenvalue weighted by Gasteiger charge is -1.99. The molecular weight excluding hydrogens is 170 g/mol. The molecule has 0 aliphatic rings. The molecule has 0 aliphatic carbocycles. The summed E-state index contributed by atoms with van der Waals surface area (Å²) in [6.45, 7) is 3.28. The number of rotatable bonds is 5. The first kappa shape index (κ1) is 9.42.